The van der Waals surface area contributed by atoms with Crippen molar-refractivity contribution in [1.29, 1.82) is 0 Å². The molecule has 1 unspecified atom stereocenters. The van der Waals surface area contributed by atoms with Gasteiger partial charge in [-0.25, -0.2) is 0 Å². The number of hydrogen-bond donors (Lipinski definition) is 2. The van der Waals surface area contributed by atoms with Crippen LogP contribution in [-0.4, -0.2) is 39.8 Å². The first-order chi connectivity index (χ1) is 14.2. The van der Waals surface area contributed by atoms with Crippen molar-refractivity contribution in [2.24, 2.45) is 5.92 Å². The maximum absolute atomic E-state index is 12.8. The van der Waals surface area contributed by atoms with Crippen LogP contribution in [0.2, 0.25) is 0 Å². The highest BCUT2D eigenvalue weighted by atomic mass is 16.2. The minimum atomic E-state index is -0.136. The van der Waals surface area contributed by atoms with Gasteiger partial charge in [-0.05, 0) is 48.6 Å². The average molecular weight is 390 g/mol. The quantitative estimate of drug-likeness (QED) is 0.679. The Morgan fingerprint density at radius 3 is 2.86 bits per heavy atom. The van der Waals surface area contributed by atoms with Crippen LogP contribution in [0.3, 0.4) is 0 Å². The molecule has 3 aromatic rings. The molecule has 1 aliphatic heterocycles. The number of amides is 2. The Kier molecular flexibility index (Phi) is 5.89. The van der Waals surface area contributed by atoms with Gasteiger partial charge in [0.25, 0.3) is 0 Å². The van der Waals surface area contributed by atoms with Gasteiger partial charge in [0, 0.05) is 55.5 Å². The van der Waals surface area contributed by atoms with Crippen LogP contribution in [0.15, 0.2) is 55.0 Å². The van der Waals surface area contributed by atoms with Crippen molar-refractivity contribution in [3.8, 4) is 0 Å². The molecule has 4 rings (SSSR count). The fourth-order valence-electron chi connectivity index (χ4n) is 3.99. The average Bonchev–Trinajstić information content (AvgIpc) is 3.20. The molecule has 0 spiro atoms. The summed E-state index contributed by atoms with van der Waals surface area (Å²) in [6.07, 6.45) is 8.29. The third-order valence-corrected chi connectivity index (χ3v) is 5.64. The lowest BCUT2D eigenvalue weighted by Crippen LogP contribution is -2.45. The molecule has 0 aliphatic carbocycles. The van der Waals surface area contributed by atoms with Gasteiger partial charge < -0.3 is 15.2 Å². The predicted octanol–water partition coefficient (Wildman–Crippen LogP) is 3.05. The number of aromatic nitrogens is 2. The summed E-state index contributed by atoms with van der Waals surface area (Å²) < 4.78 is 0. The number of nitrogens with one attached hydrogen (secondary N) is 2. The first kappa shape index (κ1) is 19.2. The number of aryl methyl sites for hydroxylation is 1. The summed E-state index contributed by atoms with van der Waals surface area (Å²) in [6, 6.07) is 11.9. The van der Waals surface area contributed by atoms with Gasteiger partial charge in [0.15, 0.2) is 0 Å². The summed E-state index contributed by atoms with van der Waals surface area (Å²) in [4.78, 5) is 34.4. The molecule has 1 aromatic carbocycles. The molecule has 150 valence electrons. The molecule has 1 fully saturated rings. The standard InChI is InChI=1S/C23H26N4O2/c28-22(8-7-18-15-25-21-6-2-1-5-20(18)21)27-13-3-4-19(16-27)23(29)26-14-17-9-11-24-12-10-17/h1-2,5-6,9-12,15,19,25H,3-4,7-8,13-14,16H2,(H,26,29). The molecule has 1 atom stereocenters. The van der Waals surface area contributed by atoms with Crippen LogP contribution in [0, 0.1) is 5.92 Å². The van der Waals surface area contributed by atoms with Gasteiger partial charge in [-0.15, -0.1) is 0 Å². The van der Waals surface area contributed by atoms with Gasteiger partial charge in [0.2, 0.25) is 11.8 Å². The van der Waals surface area contributed by atoms with Gasteiger partial charge in [-0.3, -0.25) is 14.6 Å². The molecule has 2 aromatic heterocycles. The third kappa shape index (κ3) is 4.65. The number of pyridine rings is 1. The van der Waals surface area contributed by atoms with Crippen molar-refractivity contribution in [2.75, 3.05) is 13.1 Å². The fraction of sp³-hybridized carbons (Fsp3) is 0.348. The molecule has 6 heteroatoms. The lowest BCUT2D eigenvalue weighted by Gasteiger charge is -2.32. The Balaban J connectivity index is 1.29. The zero-order valence-corrected chi connectivity index (χ0v) is 16.4. The van der Waals surface area contributed by atoms with E-state index in [1.165, 1.54) is 5.39 Å². The van der Waals surface area contributed by atoms with E-state index in [-0.39, 0.29) is 17.7 Å². The Hall–Kier alpha value is -3.15. The van der Waals surface area contributed by atoms with Crippen molar-refractivity contribution in [1.82, 2.24) is 20.2 Å². The Labute approximate surface area is 170 Å². The van der Waals surface area contributed by atoms with Gasteiger partial charge in [-0.1, -0.05) is 18.2 Å². The van der Waals surface area contributed by atoms with E-state index in [4.69, 9.17) is 0 Å². The first-order valence-electron chi connectivity index (χ1n) is 10.2. The lowest BCUT2D eigenvalue weighted by atomic mass is 9.96. The van der Waals surface area contributed by atoms with Crippen LogP contribution < -0.4 is 5.32 Å². The summed E-state index contributed by atoms with van der Waals surface area (Å²) in [5.41, 5.74) is 3.28. The van der Waals surface area contributed by atoms with E-state index < -0.39 is 0 Å². The first-order valence-corrected chi connectivity index (χ1v) is 10.2. The van der Waals surface area contributed by atoms with Crippen molar-refractivity contribution in [3.63, 3.8) is 0 Å². The van der Waals surface area contributed by atoms with Crippen molar-refractivity contribution < 1.29 is 9.59 Å². The van der Waals surface area contributed by atoms with Crippen LogP contribution in [0.25, 0.3) is 10.9 Å². The number of fused-ring (bicyclic) bond motifs is 1. The van der Waals surface area contributed by atoms with Crippen LogP contribution in [0.1, 0.15) is 30.4 Å². The highest BCUT2D eigenvalue weighted by Crippen LogP contribution is 2.21. The Morgan fingerprint density at radius 1 is 1.17 bits per heavy atom. The molecule has 1 aliphatic rings. The van der Waals surface area contributed by atoms with E-state index in [9.17, 15) is 9.59 Å². The lowest BCUT2D eigenvalue weighted by molar-refractivity contribution is -0.135. The molecular weight excluding hydrogens is 364 g/mol. The number of nitrogens with zero attached hydrogens (tertiary/aromatic N) is 2. The summed E-state index contributed by atoms with van der Waals surface area (Å²) in [5.74, 6) is 0.0143. The largest absolute Gasteiger partial charge is 0.361 e. The Bertz CT molecular complexity index is 983. The molecule has 0 bridgehead atoms. The second kappa shape index (κ2) is 8.90. The van der Waals surface area contributed by atoms with E-state index in [2.05, 4.69) is 21.4 Å². The number of H-pyrrole nitrogens is 1. The number of piperidine rings is 1. The zero-order chi connectivity index (χ0) is 20.1. The molecule has 2 amide bonds. The number of hydrogen-bond acceptors (Lipinski definition) is 3. The SMILES string of the molecule is O=C(NCc1ccncc1)C1CCCN(C(=O)CCc2c[nH]c3ccccc23)C1. The summed E-state index contributed by atoms with van der Waals surface area (Å²) in [6.45, 7) is 1.74. The molecule has 0 saturated carbocycles. The molecular formula is C23H26N4O2. The maximum atomic E-state index is 12.8. The van der Waals surface area contributed by atoms with Crippen molar-refractivity contribution >= 4 is 22.7 Å². The normalized spacial score (nSPS) is 16.7. The van der Waals surface area contributed by atoms with Gasteiger partial charge in [0.05, 0.1) is 5.92 Å². The van der Waals surface area contributed by atoms with Crippen LogP contribution >= 0.6 is 0 Å². The van der Waals surface area contributed by atoms with Crippen LogP contribution in [0.4, 0.5) is 0 Å². The smallest absolute Gasteiger partial charge is 0.225 e. The summed E-state index contributed by atoms with van der Waals surface area (Å²) in [5, 5.41) is 4.17. The predicted molar refractivity (Wildman–Crippen MR) is 112 cm³/mol. The van der Waals surface area contributed by atoms with Gasteiger partial charge >= 0.3 is 0 Å². The number of aromatic amines is 1. The van der Waals surface area contributed by atoms with E-state index >= 15 is 0 Å². The van der Waals surface area contributed by atoms with Crippen molar-refractivity contribution in [2.45, 2.75) is 32.2 Å². The monoisotopic (exact) mass is 390 g/mol. The molecule has 0 radical (unpaired) electrons. The fourth-order valence-corrected chi connectivity index (χ4v) is 3.99. The molecule has 6 nitrogen and oxygen atoms in total. The molecule has 1 saturated heterocycles. The second-order valence-electron chi connectivity index (χ2n) is 7.61. The Morgan fingerprint density at radius 2 is 2.00 bits per heavy atom. The molecule has 3 heterocycles. The highest BCUT2D eigenvalue weighted by molar-refractivity contribution is 5.84. The summed E-state index contributed by atoms with van der Waals surface area (Å²) in [7, 11) is 0. The molecule has 2 N–H and O–H groups in total. The summed E-state index contributed by atoms with van der Waals surface area (Å²) >= 11 is 0. The van der Waals surface area contributed by atoms with E-state index in [1.54, 1.807) is 12.4 Å². The van der Waals surface area contributed by atoms with E-state index in [0.29, 0.717) is 25.9 Å². The zero-order valence-electron chi connectivity index (χ0n) is 16.4. The number of rotatable bonds is 6. The van der Waals surface area contributed by atoms with Gasteiger partial charge in [0.1, 0.15) is 0 Å². The van der Waals surface area contributed by atoms with E-state index in [1.807, 2.05) is 41.4 Å². The number of benzene rings is 1. The molecule has 29 heavy (non-hydrogen) atoms. The third-order valence-electron chi connectivity index (χ3n) is 5.64. The second-order valence-corrected chi connectivity index (χ2v) is 7.61. The van der Waals surface area contributed by atoms with Crippen molar-refractivity contribution in [3.05, 3.63) is 66.1 Å². The van der Waals surface area contributed by atoms with Crippen LogP contribution in [0.5, 0.6) is 0 Å². The topological polar surface area (TPSA) is 78.1 Å². The van der Waals surface area contributed by atoms with Crippen LogP contribution in [-0.2, 0) is 22.6 Å². The minimum absolute atomic E-state index is 0.0240. The number of likely N-dealkylation sites (tertiary alicyclic amines) is 1. The number of carbonyl (C=O) groups is 2. The number of carbonyl (C=O) groups excluding carboxylic acids is 2. The maximum Gasteiger partial charge on any atom is 0.225 e. The highest BCUT2D eigenvalue weighted by Gasteiger charge is 2.28. The van der Waals surface area contributed by atoms with Gasteiger partial charge in [-0.2, -0.15) is 0 Å². The minimum Gasteiger partial charge on any atom is -0.361 e. The van der Waals surface area contributed by atoms with E-state index in [0.717, 1.165) is 36.0 Å². The number of para-hydroxylation sites is 1.